The van der Waals surface area contributed by atoms with Crippen LogP contribution in [0.1, 0.15) is 67.4 Å². The summed E-state index contributed by atoms with van der Waals surface area (Å²) in [5.74, 6) is -0.0953. The Hall–Kier alpha value is -2.94. The molecule has 3 nitrogen and oxygen atoms in total. The molecule has 0 aliphatic rings. The molecular formula is C27H32N2O. The maximum atomic E-state index is 12.6. The highest BCUT2D eigenvalue weighted by molar-refractivity contribution is 6.04. The van der Waals surface area contributed by atoms with Gasteiger partial charge in [0.05, 0.1) is 5.69 Å². The molecule has 1 aromatic heterocycles. The fraction of sp³-hybridized carbons (Fsp3) is 0.333. The lowest BCUT2D eigenvalue weighted by Crippen LogP contribution is -2.11. The second kappa shape index (κ2) is 11.3. The van der Waals surface area contributed by atoms with Gasteiger partial charge in [0.15, 0.2) is 0 Å². The molecule has 0 bridgehead atoms. The van der Waals surface area contributed by atoms with E-state index < -0.39 is 0 Å². The Morgan fingerprint density at radius 1 is 0.767 bits per heavy atom. The van der Waals surface area contributed by atoms with Gasteiger partial charge in [0.25, 0.3) is 5.91 Å². The van der Waals surface area contributed by atoms with E-state index in [-0.39, 0.29) is 5.91 Å². The zero-order valence-corrected chi connectivity index (χ0v) is 18.2. The standard InChI is InChI=1S/C27H32N2O/c1-3-5-7-9-22-12-19-26(28-20-22)23-13-15-24(16-14-23)27(30)29-25-17-10-21(11-18-25)8-6-4-2/h10-20H,3-9H2,1-2H3,(H,29,30). The number of nitrogens with zero attached hydrogens (tertiary/aromatic N) is 1. The largest absolute Gasteiger partial charge is 0.322 e. The average molecular weight is 401 g/mol. The van der Waals surface area contributed by atoms with Crippen molar-refractivity contribution in [3.05, 3.63) is 83.6 Å². The first-order valence-corrected chi connectivity index (χ1v) is 11.1. The number of hydrogen-bond donors (Lipinski definition) is 1. The number of benzene rings is 2. The summed E-state index contributed by atoms with van der Waals surface area (Å²) >= 11 is 0. The summed E-state index contributed by atoms with van der Waals surface area (Å²) in [6.07, 6.45) is 10.2. The third-order valence-electron chi connectivity index (χ3n) is 5.37. The fourth-order valence-corrected chi connectivity index (χ4v) is 3.45. The summed E-state index contributed by atoms with van der Waals surface area (Å²) in [5.41, 5.74) is 6.01. The maximum Gasteiger partial charge on any atom is 0.255 e. The molecule has 3 rings (SSSR count). The highest BCUT2D eigenvalue weighted by Crippen LogP contribution is 2.19. The van der Waals surface area contributed by atoms with Gasteiger partial charge in [-0.3, -0.25) is 9.78 Å². The molecule has 0 aliphatic heterocycles. The predicted molar refractivity (Wildman–Crippen MR) is 126 cm³/mol. The Labute approximate surface area is 180 Å². The van der Waals surface area contributed by atoms with E-state index >= 15 is 0 Å². The molecule has 0 atom stereocenters. The van der Waals surface area contributed by atoms with E-state index in [1.165, 1.54) is 43.2 Å². The van der Waals surface area contributed by atoms with E-state index in [1.54, 1.807) is 0 Å². The van der Waals surface area contributed by atoms with Crippen molar-refractivity contribution >= 4 is 11.6 Å². The Bertz CT molecular complexity index is 913. The first kappa shape index (κ1) is 21.8. The van der Waals surface area contributed by atoms with Gasteiger partial charge in [0.1, 0.15) is 0 Å². The number of hydrogen-bond acceptors (Lipinski definition) is 2. The van der Waals surface area contributed by atoms with Crippen molar-refractivity contribution in [3.8, 4) is 11.3 Å². The lowest BCUT2D eigenvalue weighted by atomic mass is 10.1. The molecule has 3 heteroatoms. The minimum atomic E-state index is -0.0953. The molecular weight excluding hydrogens is 368 g/mol. The molecule has 2 aromatic carbocycles. The Kier molecular flexibility index (Phi) is 8.20. The first-order valence-electron chi connectivity index (χ1n) is 11.1. The van der Waals surface area contributed by atoms with Gasteiger partial charge < -0.3 is 5.32 Å². The van der Waals surface area contributed by atoms with Crippen LogP contribution in [0.3, 0.4) is 0 Å². The van der Waals surface area contributed by atoms with Crippen LogP contribution < -0.4 is 5.32 Å². The van der Waals surface area contributed by atoms with Gasteiger partial charge in [0, 0.05) is 23.0 Å². The SMILES string of the molecule is CCCCCc1ccc(-c2ccc(C(=O)Nc3ccc(CCCC)cc3)cc2)nc1. The molecule has 0 saturated carbocycles. The second-order valence-corrected chi connectivity index (χ2v) is 7.84. The summed E-state index contributed by atoms with van der Waals surface area (Å²) in [6.45, 7) is 4.41. The van der Waals surface area contributed by atoms with Crippen molar-refractivity contribution in [2.24, 2.45) is 0 Å². The molecule has 156 valence electrons. The molecule has 1 heterocycles. The molecule has 0 fully saturated rings. The normalized spacial score (nSPS) is 10.7. The number of carbonyl (C=O) groups is 1. The number of aryl methyl sites for hydroxylation is 2. The van der Waals surface area contributed by atoms with Gasteiger partial charge in [0.2, 0.25) is 0 Å². The molecule has 0 saturated heterocycles. The number of carbonyl (C=O) groups excluding carboxylic acids is 1. The van der Waals surface area contributed by atoms with E-state index in [1.807, 2.05) is 42.6 Å². The molecule has 0 unspecified atom stereocenters. The van der Waals surface area contributed by atoms with Crippen molar-refractivity contribution in [1.82, 2.24) is 4.98 Å². The van der Waals surface area contributed by atoms with Crippen LogP contribution in [0.2, 0.25) is 0 Å². The summed E-state index contributed by atoms with van der Waals surface area (Å²) in [4.78, 5) is 17.2. The van der Waals surface area contributed by atoms with Crippen LogP contribution in [0.5, 0.6) is 0 Å². The number of pyridine rings is 1. The van der Waals surface area contributed by atoms with Crippen LogP contribution in [-0.2, 0) is 12.8 Å². The molecule has 0 spiro atoms. The number of anilines is 1. The second-order valence-electron chi connectivity index (χ2n) is 7.84. The molecule has 30 heavy (non-hydrogen) atoms. The molecule has 0 aliphatic carbocycles. The lowest BCUT2D eigenvalue weighted by Gasteiger charge is -2.08. The Balaban J connectivity index is 1.58. The molecule has 3 aromatic rings. The highest BCUT2D eigenvalue weighted by atomic mass is 16.1. The maximum absolute atomic E-state index is 12.6. The van der Waals surface area contributed by atoms with Gasteiger partial charge >= 0.3 is 0 Å². The fourth-order valence-electron chi connectivity index (χ4n) is 3.45. The van der Waals surface area contributed by atoms with Gasteiger partial charge in [-0.05, 0) is 67.1 Å². The Morgan fingerprint density at radius 3 is 2.07 bits per heavy atom. The highest BCUT2D eigenvalue weighted by Gasteiger charge is 2.07. The van der Waals surface area contributed by atoms with Gasteiger partial charge in [-0.25, -0.2) is 0 Å². The van der Waals surface area contributed by atoms with E-state index in [0.717, 1.165) is 29.8 Å². The number of unbranched alkanes of at least 4 members (excludes halogenated alkanes) is 3. The number of amides is 1. The van der Waals surface area contributed by atoms with Gasteiger partial charge in [-0.1, -0.05) is 63.4 Å². The van der Waals surface area contributed by atoms with Crippen LogP contribution in [0.25, 0.3) is 11.3 Å². The average Bonchev–Trinajstić information content (AvgIpc) is 2.79. The third kappa shape index (κ3) is 6.28. The smallest absolute Gasteiger partial charge is 0.255 e. The number of nitrogens with one attached hydrogen (secondary N) is 1. The van der Waals surface area contributed by atoms with E-state index in [0.29, 0.717) is 5.56 Å². The number of rotatable bonds is 10. The summed E-state index contributed by atoms with van der Waals surface area (Å²) in [6, 6.07) is 20.0. The van der Waals surface area contributed by atoms with Crippen molar-refractivity contribution in [2.75, 3.05) is 5.32 Å². The molecule has 1 amide bonds. The summed E-state index contributed by atoms with van der Waals surface area (Å²) in [5, 5.41) is 2.98. The van der Waals surface area contributed by atoms with Gasteiger partial charge in [-0.15, -0.1) is 0 Å². The lowest BCUT2D eigenvalue weighted by molar-refractivity contribution is 0.102. The minimum absolute atomic E-state index is 0.0953. The van der Waals surface area contributed by atoms with Crippen LogP contribution in [0, 0.1) is 0 Å². The monoisotopic (exact) mass is 400 g/mol. The first-order chi connectivity index (χ1) is 14.7. The zero-order valence-electron chi connectivity index (χ0n) is 18.2. The molecule has 1 N–H and O–H groups in total. The van der Waals surface area contributed by atoms with Crippen LogP contribution >= 0.6 is 0 Å². The third-order valence-corrected chi connectivity index (χ3v) is 5.37. The van der Waals surface area contributed by atoms with Crippen molar-refractivity contribution in [1.29, 1.82) is 0 Å². The van der Waals surface area contributed by atoms with Crippen molar-refractivity contribution in [3.63, 3.8) is 0 Å². The predicted octanol–water partition coefficient (Wildman–Crippen LogP) is 7.08. The van der Waals surface area contributed by atoms with Crippen LogP contribution in [-0.4, -0.2) is 10.9 Å². The van der Waals surface area contributed by atoms with Crippen LogP contribution in [0.15, 0.2) is 66.9 Å². The quantitative estimate of drug-likeness (QED) is 0.370. The van der Waals surface area contributed by atoms with Crippen molar-refractivity contribution in [2.45, 2.75) is 58.8 Å². The Morgan fingerprint density at radius 2 is 1.43 bits per heavy atom. The molecule has 0 radical (unpaired) electrons. The van der Waals surface area contributed by atoms with Gasteiger partial charge in [-0.2, -0.15) is 0 Å². The van der Waals surface area contributed by atoms with Crippen LogP contribution in [0.4, 0.5) is 5.69 Å². The minimum Gasteiger partial charge on any atom is -0.322 e. The number of aromatic nitrogens is 1. The van der Waals surface area contributed by atoms with Crippen molar-refractivity contribution < 1.29 is 4.79 Å². The summed E-state index contributed by atoms with van der Waals surface area (Å²) < 4.78 is 0. The topological polar surface area (TPSA) is 42.0 Å². The summed E-state index contributed by atoms with van der Waals surface area (Å²) in [7, 11) is 0. The van der Waals surface area contributed by atoms with E-state index in [2.05, 4.69) is 48.4 Å². The van der Waals surface area contributed by atoms with E-state index in [4.69, 9.17) is 0 Å². The van der Waals surface area contributed by atoms with E-state index in [9.17, 15) is 4.79 Å². The zero-order chi connectivity index (χ0) is 21.2.